The van der Waals surface area contributed by atoms with Gasteiger partial charge in [-0.1, -0.05) is 25.1 Å². The van der Waals surface area contributed by atoms with Gasteiger partial charge < -0.3 is 26.2 Å². The van der Waals surface area contributed by atoms with Gasteiger partial charge in [-0.3, -0.25) is 0 Å². The minimum atomic E-state index is -0.423. The molecule has 2 aromatic rings. The second-order valence-corrected chi connectivity index (χ2v) is 7.70. The lowest BCUT2D eigenvalue weighted by atomic mass is 10.1. The van der Waals surface area contributed by atoms with E-state index >= 15 is 0 Å². The van der Waals surface area contributed by atoms with Crippen LogP contribution in [0.1, 0.15) is 45.1 Å². The standard InChI is InChI=1S/C22H33N5O2/c1-3-17(26-18-8-6-12-29-14-18)10-11-24-21-19(22(28)25-15(2)23)13-16-7-4-5-9-20(16)27-21/h4-5,7,9,13,15,17-18,26H,3,6,8,10-12,14,23H2,1-2H3,(H,24,27)(H,25,28)/p+1. The second kappa shape index (κ2) is 10.5. The number of rotatable bonds is 9. The predicted octanol–water partition coefficient (Wildman–Crippen LogP) is 2.36. The van der Waals surface area contributed by atoms with Crippen LogP contribution in [-0.4, -0.2) is 54.0 Å². The van der Waals surface area contributed by atoms with Crippen LogP contribution < -0.4 is 16.4 Å². The molecule has 0 amide bonds. The molecule has 3 atom stereocenters. The van der Waals surface area contributed by atoms with Crippen molar-refractivity contribution in [3.05, 3.63) is 35.9 Å². The highest BCUT2D eigenvalue weighted by atomic mass is 16.5. The number of nitrogens with zero attached hydrogens (tertiary/aromatic N) is 2. The van der Waals surface area contributed by atoms with E-state index in [4.69, 9.17) is 20.6 Å². The Morgan fingerprint density at radius 3 is 2.97 bits per heavy atom. The van der Waals surface area contributed by atoms with E-state index in [1.165, 1.54) is 6.42 Å². The lowest BCUT2D eigenvalue weighted by Crippen LogP contribution is -2.43. The highest BCUT2D eigenvalue weighted by molar-refractivity contribution is 6.01. The van der Waals surface area contributed by atoms with Crippen LogP contribution in [0.5, 0.6) is 0 Å². The third-order valence-electron chi connectivity index (χ3n) is 5.22. The largest absolute Gasteiger partial charge is 0.578 e. The third kappa shape index (κ3) is 6.13. The van der Waals surface area contributed by atoms with Gasteiger partial charge in [0.25, 0.3) is 0 Å². The molecule has 1 aromatic carbocycles. The molecule has 0 aliphatic carbocycles. The number of aliphatic imine (C=N–C) groups is 1. The maximum absolute atomic E-state index is 8.35. The molecule has 0 saturated carbocycles. The van der Waals surface area contributed by atoms with Crippen molar-refractivity contribution in [3.63, 3.8) is 0 Å². The van der Waals surface area contributed by atoms with Gasteiger partial charge in [-0.25, -0.2) is 4.98 Å². The smallest absolute Gasteiger partial charge is 0.365 e. The minimum absolute atomic E-state index is 0.158. The first-order valence-corrected chi connectivity index (χ1v) is 10.6. The van der Waals surface area contributed by atoms with Crippen molar-refractivity contribution in [1.29, 1.82) is 0 Å². The van der Waals surface area contributed by atoms with Gasteiger partial charge in [0.05, 0.1) is 12.1 Å². The maximum Gasteiger partial charge on any atom is 0.365 e. The average molecular weight is 401 g/mol. The Labute approximate surface area is 172 Å². The normalized spacial score (nSPS) is 19.8. The van der Waals surface area contributed by atoms with Gasteiger partial charge >= 0.3 is 5.90 Å². The molecule has 158 valence electrons. The molecule has 6 N–H and O–H groups in total. The number of hydrogen-bond donors (Lipinski definition) is 3. The van der Waals surface area contributed by atoms with Crippen LogP contribution in [0.2, 0.25) is 0 Å². The van der Waals surface area contributed by atoms with Crippen molar-refractivity contribution in [2.45, 2.75) is 57.8 Å². The van der Waals surface area contributed by atoms with Crippen molar-refractivity contribution in [1.82, 2.24) is 10.3 Å². The van der Waals surface area contributed by atoms with Gasteiger partial charge in [-0.05, 0) is 44.7 Å². The molecule has 7 heteroatoms. The number of ether oxygens (including phenoxy) is 1. The van der Waals surface area contributed by atoms with E-state index in [0.29, 0.717) is 23.5 Å². The summed E-state index contributed by atoms with van der Waals surface area (Å²) in [4.78, 5) is 8.96. The summed E-state index contributed by atoms with van der Waals surface area (Å²) in [6, 6.07) is 10.8. The van der Waals surface area contributed by atoms with Gasteiger partial charge in [0, 0.05) is 30.6 Å². The number of para-hydroxylation sites is 1. The van der Waals surface area contributed by atoms with Crippen LogP contribution in [0.4, 0.5) is 5.82 Å². The van der Waals surface area contributed by atoms with Crippen LogP contribution in [0.15, 0.2) is 35.3 Å². The monoisotopic (exact) mass is 400 g/mol. The molecule has 0 spiro atoms. The summed E-state index contributed by atoms with van der Waals surface area (Å²) in [5.41, 5.74) is 7.36. The van der Waals surface area contributed by atoms with Crippen LogP contribution in [0.3, 0.4) is 0 Å². The molecule has 7 nitrogen and oxygen atoms in total. The van der Waals surface area contributed by atoms with E-state index in [9.17, 15) is 0 Å². The summed E-state index contributed by atoms with van der Waals surface area (Å²) >= 11 is 0. The Morgan fingerprint density at radius 2 is 2.24 bits per heavy atom. The van der Waals surface area contributed by atoms with Crippen molar-refractivity contribution >= 4 is 22.6 Å². The van der Waals surface area contributed by atoms with E-state index in [1.54, 1.807) is 6.92 Å². The van der Waals surface area contributed by atoms with Crippen molar-refractivity contribution < 1.29 is 9.84 Å². The van der Waals surface area contributed by atoms with Crippen molar-refractivity contribution in [3.8, 4) is 0 Å². The fourth-order valence-corrected chi connectivity index (χ4v) is 3.68. The summed E-state index contributed by atoms with van der Waals surface area (Å²) in [7, 11) is 0. The van der Waals surface area contributed by atoms with E-state index in [-0.39, 0.29) is 5.90 Å². The quantitative estimate of drug-likeness (QED) is 0.340. The van der Waals surface area contributed by atoms with Crippen LogP contribution >= 0.6 is 0 Å². The molecule has 2 heterocycles. The highest BCUT2D eigenvalue weighted by Gasteiger charge is 2.19. The molecular formula is C22H34N5O2+. The van der Waals surface area contributed by atoms with E-state index < -0.39 is 6.17 Å². The van der Waals surface area contributed by atoms with E-state index in [2.05, 4.69) is 22.5 Å². The Kier molecular flexibility index (Phi) is 7.80. The molecule has 29 heavy (non-hydrogen) atoms. The molecule has 1 aliphatic rings. The Morgan fingerprint density at radius 1 is 1.41 bits per heavy atom. The maximum atomic E-state index is 8.35. The lowest BCUT2D eigenvalue weighted by Gasteiger charge is -2.28. The molecule has 1 saturated heterocycles. The number of nitrogens with two attached hydrogens (primary N) is 1. The summed E-state index contributed by atoms with van der Waals surface area (Å²) in [5.74, 6) is 0.847. The molecule has 1 aliphatic heterocycles. The topological polar surface area (TPSA) is 107 Å². The second-order valence-electron chi connectivity index (χ2n) is 7.70. The van der Waals surface area contributed by atoms with Crippen molar-refractivity contribution in [2.24, 2.45) is 10.7 Å². The summed E-state index contributed by atoms with van der Waals surface area (Å²) in [6.07, 6.45) is 3.91. The Bertz CT molecular complexity index is 818. The van der Waals surface area contributed by atoms with Crippen molar-refractivity contribution in [2.75, 3.05) is 25.1 Å². The average Bonchev–Trinajstić information content (AvgIpc) is 2.72. The zero-order chi connectivity index (χ0) is 20.6. The van der Waals surface area contributed by atoms with Crippen LogP contribution in [-0.2, 0) is 4.74 Å². The zero-order valence-electron chi connectivity index (χ0n) is 17.4. The SMILES string of the molecule is CCC(CCNc1nc2ccccc2cc1C([OH2+])=NC(C)N)NC1CCCOC1. The summed E-state index contributed by atoms with van der Waals surface area (Å²) in [5, 5.41) is 16.5. The van der Waals surface area contributed by atoms with E-state index in [1.807, 2.05) is 30.3 Å². The Hall–Kier alpha value is -2.22. The molecule has 1 aromatic heterocycles. The van der Waals surface area contributed by atoms with Crippen LogP contribution in [0, 0.1) is 0 Å². The number of fused-ring (bicyclic) bond motifs is 1. The van der Waals surface area contributed by atoms with Gasteiger partial charge in [-0.15, -0.1) is 0 Å². The number of aromatic nitrogens is 1. The molecule has 0 bridgehead atoms. The predicted molar refractivity (Wildman–Crippen MR) is 120 cm³/mol. The van der Waals surface area contributed by atoms with Gasteiger partial charge in [0.2, 0.25) is 0 Å². The molecule has 3 rings (SSSR count). The van der Waals surface area contributed by atoms with Gasteiger partial charge in [0.1, 0.15) is 17.5 Å². The van der Waals surface area contributed by atoms with Gasteiger partial charge in [0.15, 0.2) is 0 Å². The number of pyridine rings is 1. The number of nitrogens with one attached hydrogen (secondary N) is 2. The molecular weight excluding hydrogens is 366 g/mol. The third-order valence-corrected chi connectivity index (χ3v) is 5.22. The first kappa shape index (κ1) is 21.5. The lowest BCUT2D eigenvalue weighted by molar-refractivity contribution is 0.0658. The number of hydrogen-bond acceptors (Lipinski definition) is 6. The minimum Gasteiger partial charge on any atom is -0.578 e. The first-order valence-electron chi connectivity index (χ1n) is 10.6. The van der Waals surface area contributed by atoms with Crippen LogP contribution in [0.25, 0.3) is 10.9 Å². The fourth-order valence-electron chi connectivity index (χ4n) is 3.68. The summed E-state index contributed by atoms with van der Waals surface area (Å²) in [6.45, 7) is 6.42. The number of anilines is 1. The molecule has 3 unspecified atom stereocenters. The summed E-state index contributed by atoms with van der Waals surface area (Å²) < 4.78 is 5.58. The van der Waals surface area contributed by atoms with Gasteiger partial charge in [-0.2, -0.15) is 4.99 Å². The molecule has 1 fully saturated rings. The van der Waals surface area contributed by atoms with E-state index in [0.717, 1.165) is 49.9 Å². The first-order chi connectivity index (χ1) is 14.1. The number of benzene rings is 1. The zero-order valence-corrected chi connectivity index (χ0v) is 17.4. The highest BCUT2D eigenvalue weighted by Crippen LogP contribution is 2.21. The Balaban J connectivity index is 1.70. The molecule has 0 radical (unpaired) electrons. The fraction of sp³-hybridized carbons (Fsp3) is 0.545.